The maximum absolute atomic E-state index is 14.7. The number of nitrogens with zero attached hydrogens (tertiary/aromatic N) is 3. The quantitative estimate of drug-likeness (QED) is 0.509. The lowest BCUT2D eigenvalue weighted by atomic mass is 9.84. The van der Waals surface area contributed by atoms with E-state index in [1.165, 1.54) is 0 Å². The number of pyridine rings is 1. The molecule has 8 nitrogen and oxygen atoms in total. The molecule has 1 aliphatic carbocycles. The van der Waals surface area contributed by atoms with Crippen LogP contribution in [0.15, 0.2) is 12.3 Å². The number of alkyl halides is 2. The van der Waals surface area contributed by atoms with E-state index in [0.717, 1.165) is 23.5 Å². The topological polar surface area (TPSA) is 110 Å². The fourth-order valence-electron chi connectivity index (χ4n) is 4.79. The molecular formula is C23H31F3N4O4S. The van der Waals surface area contributed by atoms with Gasteiger partial charge < -0.3 is 10.1 Å². The van der Waals surface area contributed by atoms with Gasteiger partial charge in [0.05, 0.1) is 11.9 Å². The summed E-state index contributed by atoms with van der Waals surface area (Å²) >= 11 is 0. The first-order valence-electron chi connectivity index (χ1n) is 11.6. The molecule has 35 heavy (non-hydrogen) atoms. The molecule has 0 bridgehead atoms. The number of ether oxygens (including phenoxy) is 1. The van der Waals surface area contributed by atoms with Crippen molar-refractivity contribution in [3.8, 4) is 17.1 Å². The summed E-state index contributed by atoms with van der Waals surface area (Å²) in [7, 11) is -2.56. The van der Waals surface area contributed by atoms with Gasteiger partial charge in [0.15, 0.2) is 5.82 Å². The van der Waals surface area contributed by atoms with Gasteiger partial charge in [0.2, 0.25) is 11.8 Å². The Morgan fingerprint density at radius 3 is 2.63 bits per heavy atom. The maximum atomic E-state index is 14.7. The summed E-state index contributed by atoms with van der Waals surface area (Å²) in [6, 6.07) is 1.06. The highest BCUT2D eigenvalue weighted by Crippen LogP contribution is 2.47. The van der Waals surface area contributed by atoms with E-state index in [-0.39, 0.29) is 34.9 Å². The number of aromatic nitrogens is 3. The summed E-state index contributed by atoms with van der Waals surface area (Å²) in [5.74, 6) is -0.956. The van der Waals surface area contributed by atoms with Crippen molar-refractivity contribution >= 4 is 16.5 Å². The first-order chi connectivity index (χ1) is 16.4. The van der Waals surface area contributed by atoms with Gasteiger partial charge in [-0.3, -0.25) is 18.6 Å². The second-order valence-corrected chi connectivity index (χ2v) is 12.3. The van der Waals surface area contributed by atoms with Gasteiger partial charge in [-0.25, -0.2) is 9.37 Å². The van der Waals surface area contributed by atoms with E-state index in [4.69, 9.17) is 0 Å². The predicted octanol–water partition coefficient (Wildman–Crippen LogP) is 4.79. The van der Waals surface area contributed by atoms with Crippen LogP contribution in [0.1, 0.15) is 57.3 Å². The zero-order valence-electron chi connectivity index (χ0n) is 19.9. The molecule has 2 aromatic rings. The molecule has 4 rings (SSSR count). The number of hydrogen-bond donors (Lipinski definition) is 3. The van der Waals surface area contributed by atoms with Gasteiger partial charge in [-0.2, -0.15) is 24.5 Å². The third-order valence-electron chi connectivity index (χ3n) is 6.84. The maximum Gasteiger partial charge on any atom is 0.388 e. The Labute approximate surface area is 203 Å². The van der Waals surface area contributed by atoms with Gasteiger partial charge in [-0.15, -0.1) is 0 Å². The van der Waals surface area contributed by atoms with Gasteiger partial charge in [-0.05, 0) is 46.5 Å². The van der Waals surface area contributed by atoms with Crippen LogP contribution in [0, 0.1) is 11.7 Å². The summed E-state index contributed by atoms with van der Waals surface area (Å²) in [6.45, 7) is 2.70. The Balaban J connectivity index is 1.58. The molecule has 1 saturated heterocycles. The minimum Gasteiger partial charge on any atom is -0.417 e. The Morgan fingerprint density at radius 1 is 1.31 bits per heavy atom. The average molecular weight is 517 g/mol. The molecule has 0 saturated carbocycles. The average Bonchev–Trinajstić information content (AvgIpc) is 3.16. The minimum atomic E-state index is -3.08. The standard InChI is InChI=1S/C23H31F3N4O4S/c1-13(2)30-18-10-14(21(31)28-23(3)6-8-35(32,33)9-7-23)4-5-15(18)20(29-30)16-11-19(34-22(25)26)27-12-17(16)24/h11-14,22,32-33H,4-10H2,1-3H3,(H,28,31). The zero-order valence-corrected chi connectivity index (χ0v) is 20.7. The van der Waals surface area contributed by atoms with Crippen LogP contribution in [0.5, 0.6) is 5.88 Å². The van der Waals surface area contributed by atoms with Crippen LogP contribution >= 0.6 is 10.6 Å². The summed E-state index contributed by atoms with van der Waals surface area (Å²) in [5, 5.41) is 7.73. The Hall–Kier alpha value is -2.31. The Kier molecular flexibility index (Phi) is 7.09. The largest absolute Gasteiger partial charge is 0.417 e. The van der Waals surface area contributed by atoms with E-state index in [9.17, 15) is 27.1 Å². The normalized spacial score (nSPS) is 22.1. The van der Waals surface area contributed by atoms with Gasteiger partial charge >= 0.3 is 6.61 Å². The van der Waals surface area contributed by atoms with Crippen molar-refractivity contribution in [2.75, 3.05) is 11.5 Å². The number of carbonyl (C=O) groups is 1. The Bertz CT molecular complexity index is 1100. The first kappa shape index (κ1) is 25.8. The van der Waals surface area contributed by atoms with E-state index in [0.29, 0.717) is 37.8 Å². The first-order valence-corrected chi connectivity index (χ1v) is 13.5. The second-order valence-electron chi connectivity index (χ2n) is 9.89. The molecule has 1 fully saturated rings. The third-order valence-corrected chi connectivity index (χ3v) is 8.56. The number of amides is 1. The highest BCUT2D eigenvalue weighted by Gasteiger charge is 2.38. The molecule has 1 amide bonds. The van der Waals surface area contributed by atoms with Crippen LogP contribution in [-0.2, 0) is 17.6 Å². The number of carbonyl (C=O) groups excluding carboxylic acids is 1. The molecular weight excluding hydrogens is 485 g/mol. The van der Waals surface area contributed by atoms with Gasteiger partial charge in [-0.1, -0.05) is 0 Å². The van der Waals surface area contributed by atoms with Crippen molar-refractivity contribution in [1.29, 1.82) is 0 Å². The molecule has 2 aliphatic rings. The smallest absolute Gasteiger partial charge is 0.388 e. The molecule has 0 radical (unpaired) electrons. The van der Waals surface area contributed by atoms with E-state index in [1.807, 2.05) is 20.8 Å². The van der Waals surface area contributed by atoms with E-state index >= 15 is 0 Å². The Morgan fingerprint density at radius 2 is 2.00 bits per heavy atom. The molecule has 3 N–H and O–H groups in total. The van der Waals surface area contributed by atoms with Crippen LogP contribution in [-0.4, -0.2) is 53.4 Å². The fourth-order valence-corrected chi connectivity index (χ4v) is 6.55. The van der Waals surface area contributed by atoms with Crippen molar-refractivity contribution < 1.29 is 31.8 Å². The predicted molar refractivity (Wildman–Crippen MR) is 126 cm³/mol. The lowest BCUT2D eigenvalue weighted by Gasteiger charge is -2.45. The van der Waals surface area contributed by atoms with Gasteiger partial charge in [0, 0.05) is 58.3 Å². The molecule has 3 heterocycles. The van der Waals surface area contributed by atoms with Crippen molar-refractivity contribution in [2.45, 2.75) is 71.1 Å². The number of halogens is 3. The van der Waals surface area contributed by atoms with Gasteiger partial charge in [0.1, 0.15) is 0 Å². The van der Waals surface area contributed by atoms with Crippen LogP contribution in [0.25, 0.3) is 11.3 Å². The molecule has 2 aromatic heterocycles. The van der Waals surface area contributed by atoms with Crippen molar-refractivity contribution in [3.05, 3.63) is 29.3 Å². The molecule has 0 spiro atoms. The van der Waals surface area contributed by atoms with Crippen molar-refractivity contribution in [2.24, 2.45) is 5.92 Å². The lowest BCUT2D eigenvalue weighted by molar-refractivity contribution is -0.127. The van der Waals surface area contributed by atoms with E-state index in [1.54, 1.807) is 4.68 Å². The molecule has 1 aliphatic heterocycles. The van der Waals surface area contributed by atoms with Crippen LogP contribution in [0.3, 0.4) is 0 Å². The molecule has 12 heteroatoms. The lowest BCUT2D eigenvalue weighted by Crippen LogP contribution is -2.52. The van der Waals surface area contributed by atoms with Crippen LogP contribution in [0.4, 0.5) is 13.2 Å². The minimum absolute atomic E-state index is 0.0305. The monoisotopic (exact) mass is 516 g/mol. The highest BCUT2D eigenvalue weighted by molar-refractivity contribution is 8.24. The number of rotatable bonds is 6. The third kappa shape index (κ3) is 5.59. The summed E-state index contributed by atoms with van der Waals surface area (Å²) in [6.07, 6.45) is 3.24. The van der Waals surface area contributed by atoms with E-state index < -0.39 is 34.4 Å². The summed E-state index contributed by atoms with van der Waals surface area (Å²) in [4.78, 5) is 16.8. The number of fused-ring (bicyclic) bond motifs is 1. The zero-order chi connectivity index (χ0) is 25.5. The number of hydrogen-bond acceptors (Lipinski definition) is 6. The summed E-state index contributed by atoms with van der Waals surface area (Å²) in [5.41, 5.74) is 1.48. The number of nitrogens with one attached hydrogen (secondary N) is 1. The molecule has 194 valence electrons. The molecule has 1 atom stereocenters. The highest BCUT2D eigenvalue weighted by atomic mass is 32.3. The molecule has 0 aromatic carbocycles. The second kappa shape index (κ2) is 9.62. The SMILES string of the molecule is CC(C)n1nc(-c2cc(OC(F)F)ncc2F)c2c1CC(C(=O)NC1(C)CCS(O)(O)CC1)CC2. The summed E-state index contributed by atoms with van der Waals surface area (Å²) < 4.78 is 65.9. The van der Waals surface area contributed by atoms with E-state index in [2.05, 4.69) is 20.1 Å². The molecule has 1 unspecified atom stereocenters. The van der Waals surface area contributed by atoms with Crippen molar-refractivity contribution in [1.82, 2.24) is 20.1 Å². The van der Waals surface area contributed by atoms with Crippen molar-refractivity contribution in [3.63, 3.8) is 0 Å². The van der Waals surface area contributed by atoms with Gasteiger partial charge in [0.25, 0.3) is 0 Å². The van der Waals surface area contributed by atoms with Crippen LogP contribution in [0.2, 0.25) is 0 Å². The fraction of sp³-hybridized carbons (Fsp3) is 0.609. The van der Waals surface area contributed by atoms with Crippen LogP contribution < -0.4 is 10.1 Å².